The van der Waals surface area contributed by atoms with Gasteiger partial charge in [-0.25, -0.2) is 4.79 Å². The Morgan fingerprint density at radius 2 is 1.83 bits per heavy atom. The van der Waals surface area contributed by atoms with Crippen molar-refractivity contribution in [2.45, 2.75) is 59.0 Å². The highest BCUT2D eigenvalue weighted by molar-refractivity contribution is 5.67. The highest BCUT2D eigenvalue weighted by atomic mass is 16.6. The van der Waals surface area contributed by atoms with Gasteiger partial charge in [0.2, 0.25) is 0 Å². The Hall–Kier alpha value is -0.770. The number of nitrogens with one attached hydrogen (secondary N) is 1. The van der Waals surface area contributed by atoms with E-state index in [1.165, 1.54) is 25.7 Å². The minimum Gasteiger partial charge on any atom is -0.444 e. The van der Waals surface area contributed by atoms with E-state index >= 15 is 0 Å². The number of rotatable bonds is 8. The summed E-state index contributed by atoms with van der Waals surface area (Å²) in [6.07, 6.45) is 4.81. The predicted octanol–water partition coefficient (Wildman–Crippen LogP) is 3.02. The predicted molar refractivity (Wildman–Crippen MR) is 75.9 cm³/mol. The molecule has 0 aliphatic heterocycles. The second-order valence-corrected chi connectivity index (χ2v) is 5.71. The molecule has 18 heavy (non-hydrogen) atoms. The van der Waals surface area contributed by atoms with E-state index in [1.807, 2.05) is 20.8 Å². The van der Waals surface area contributed by atoms with Crippen molar-refractivity contribution in [3.8, 4) is 0 Å². The molecule has 0 aromatic heterocycles. The fraction of sp³-hybridized carbons (Fsp3) is 0.929. The maximum Gasteiger partial charge on any atom is 0.410 e. The van der Waals surface area contributed by atoms with Crippen LogP contribution in [0.4, 0.5) is 4.79 Å². The standard InChI is InChI=1S/C14H30N2O2/c1-6-7-8-9-10-15-11-12-16(5)13(17)18-14(2,3)4/h15H,6-12H2,1-5H3. The molecule has 0 saturated heterocycles. The summed E-state index contributed by atoms with van der Waals surface area (Å²) >= 11 is 0. The van der Waals surface area contributed by atoms with Crippen molar-refractivity contribution in [1.82, 2.24) is 10.2 Å². The summed E-state index contributed by atoms with van der Waals surface area (Å²) in [6, 6.07) is 0. The molecule has 1 amide bonds. The Bertz CT molecular complexity index is 224. The largest absolute Gasteiger partial charge is 0.444 e. The molecule has 0 aliphatic rings. The third-order valence-electron chi connectivity index (χ3n) is 2.54. The second kappa shape index (κ2) is 9.20. The smallest absolute Gasteiger partial charge is 0.410 e. The van der Waals surface area contributed by atoms with Crippen molar-refractivity contribution in [3.05, 3.63) is 0 Å². The van der Waals surface area contributed by atoms with Gasteiger partial charge in [-0.2, -0.15) is 0 Å². The van der Waals surface area contributed by atoms with E-state index in [4.69, 9.17) is 4.74 Å². The molecule has 0 aliphatic carbocycles. The first-order chi connectivity index (χ1) is 8.37. The first-order valence-corrected chi connectivity index (χ1v) is 7.01. The van der Waals surface area contributed by atoms with Crippen LogP contribution in [-0.4, -0.2) is 43.3 Å². The Kier molecular flexibility index (Phi) is 8.81. The zero-order valence-electron chi connectivity index (χ0n) is 12.7. The van der Waals surface area contributed by atoms with Gasteiger partial charge in [-0.05, 0) is 33.7 Å². The molecule has 4 heteroatoms. The molecule has 0 spiro atoms. The molecule has 0 heterocycles. The average Bonchev–Trinajstić information content (AvgIpc) is 2.25. The molecule has 0 aromatic carbocycles. The number of unbranched alkanes of at least 4 members (excludes halogenated alkanes) is 3. The fourth-order valence-electron chi connectivity index (χ4n) is 1.48. The van der Waals surface area contributed by atoms with E-state index in [-0.39, 0.29) is 6.09 Å². The zero-order chi connectivity index (χ0) is 14.0. The van der Waals surface area contributed by atoms with Gasteiger partial charge in [0.15, 0.2) is 0 Å². The summed E-state index contributed by atoms with van der Waals surface area (Å²) in [6.45, 7) is 10.4. The molecule has 108 valence electrons. The van der Waals surface area contributed by atoms with E-state index in [2.05, 4.69) is 12.2 Å². The van der Waals surface area contributed by atoms with Crippen LogP contribution in [0.3, 0.4) is 0 Å². The van der Waals surface area contributed by atoms with E-state index in [0.29, 0.717) is 6.54 Å². The Labute approximate surface area is 112 Å². The summed E-state index contributed by atoms with van der Waals surface area (Å²) in [4.78, 5) is 13.3. The zero-order valence-corrected chi connectivity index (χ0v) is 12.7. The number of carbonyl (C=O) groups is 1. The molecule has 4 nitrogen and oxygen atoms in total. The quantitative estimate of drug-likeness (QED) is 0.680. The maximum atomic E-state index is 11.6. The first kappa shape index (κ1) is 17.2. The lowest BCUT2D eigenvalue weighted by Gasteiger charge is -2.24. The Morgan fingerprint density at radius 3 is 2.39 bits per heavy atom. The van der Waals surface area contributed by atoms with Crippen LogP contribution in [0.15, 0.2) is 0 Å². The molecule has 0 bridgehead atoms. The molecular formula is C14H30N2O2. The molecule has 1 N–H and O–H groups in total. The molecular weight excluding hydrogens is 228 g/mol. The topological polar surface area (TPSA) is 41.6 Å². The summed E-state index contributed by atoms with van der Waals surface area (Å²) in [5.41, 5.74) is -0.418. The minimum atomic E-state index is -0.418. The van der Waals surface area contributed by atoms with Gasteiger partial charge in [0.25, 0.3) is 0 Å². The average molecular weight is 258 g/mol. The maximum absolute atomic E-state index is 11.6. The van der Waals surface area contributed by atoms with Gasteiger partial charge in [-0.15, -0.1) is 0 Å². The number of hydrogen-bond acceptors (Lipinski definition) is 3. The molecule has 0 saturated carbocycles. The van der Waals surface area contributed by atoms with Crippen LogP contribution in [0.5, 0.6) is 0 Å². The summed E-state index contributed by atoms with van der Waals surface area (Å²) in [5.74, 6) is 0. The number of likely N-dealkylation sites (N-methyl/N-ethyl adjacent to an activating group) is 1. The molecule has 0 atom stereocenters. The third kappa shape index (κ3) is 10.4. The molecule has 0 rings (SSSR count). The van der Waals surface area contributed by atoms with Crippen LogP contribution in [0.2, 0.25) is 0 Å². The van der Waals surface area contributed by atoms with Gasteiger partial charge in [-0.1, -0.05) is 26.2 Å². The van der Waals surface area contributed by atoms with Crippen LogP contribution < -0.4 is 5.32 Å². The first-order valence-electron chi connectivity index (χ1n) is 7.01. The van der Waals surface area contributed by atoms with Crippen molar-refractivity contribution in [2.24, 2.45) is 0 Å². The Balaban J connectivity index is 3.52. The summed E-state index contributed by atoms with van der Waals surface area (Å²) < 4.78 is 5.27. The van der Waals surface area contributed by atoms with Gasteiger partial charge in [0.1, 0.15) is 5.60 Å². The van der Waals surface area contributed by atoms with Crippen LogP contribution in [0.25, 0.3) is 0 Å². The molecule has 0 radical (unpaired) electrons. The number of carbonyl (C=O) groups excluding carboxylic acids is 1. The lowest BCUT2D eigenvalue weighted by molar-refractivity contribution is 0.0300. The van der Waals surface area contributed by atoms with Crippen molar-refractivity contribution >= 4 is 6.09 Å². The van der Waals surface area contributed by atoms with Crippen molar-refractivity contribution in [1.29, 1.82) is 0 Å². The number of ether oxygens (including phenoxy) is 1. The number of nitrogens with zero attached hydrogens (tertiary/aromatic N) is 1. The minimum absolute atomic E-state index is 0.254. The highest BCUT2D eigenvalue weighted by Gasteiger charge is 2.18. The molecule has 0 aromatic rings. The fourth-order valence-corrected chi connectivity index (χ4v) is 1.48. The number of hydrogen-bond donors (Lipinski definition) is 1. The second-order valence-electron chi connectivity index (χ2n) is 5.71. The van der Waals surface area contributed by atoms with Gasteiger partial charge in [0, 0.05) is 20.1 Å². The highest BCUT2D eigenvalue weighted by Crippen LogP contribution is 2.08. The van der Waals surface area contributed by atoms with Crippen molar-refractivity contribution in [2.75, 3.05) is 26.7 Å². The van der Waals surface area contributed by atoms with Gasteiger partial charge in [0.05, 0.1) is 0 Å². The van der Waals surface area contributed by atoms with E-state index in [1.54, 1.807) is 11.9 Å². The van der Waals surface area contributed by atoms with E-state index < -0.39 is 5.60 Å². The van der Waals surface area contributed by atoms with Crippen LogP contribution in [-0.2, 0) is 4.74 Å². The monoisotopic (exact) mass is 258 g/mol. The van der Waals surface area contributed by atoms with Crippen molar-refractivity contribution < 1.29 is 9.53 Å². The summed E-state index contributed by atoms with van der Waals surface area (Å²) in [7, 11) is 1.77. The SMILES string of the molecule is CCCCCCNCCN(C)C(=O)OC(C)(C)C. The van der Waals surface area contributed by atoms with Gasteiger partial charge in [-0.3, -0.25) is 0 Å². The van der Waals surface area contributed by atoms with E-state index in [9.17, 15) is 4.79 Å². The number of amides is 1. The lowest BCUT2D eigenvalue weighted by atomic mass is 10.2. The van der Waals surface area contributed by atoms with Crippen LogP contribution in [0.1, 0.15) is 53.4 Å². The Morgan fingerprint density at radius 1 is 1.17 bits per heavy atom. The summed E-state index contributed by atoms with van der Waals surface area (Å²) in [5, 5.41) is 3.34. The normalized spacial score (nSPS) is 11.4. The van der Waals surface area contributed by atoms with Crippen LogP contribution >= 0.6 is 0 Å². The molecule has 0 fully saturated rings. The van der Waals surface area contributed by atoms with Gasteiger partial charge < -0.3 is 15.0 Å². The van der Waals surface area contributed by atoms with E-state index in [0.717, 1.165) is 13.1 Å². The third-order valence-corrected chi connectivity index (χ3v) is 2.54. The van der Waals surface area contributed by atoms with Crippen molar-refractivity contribution in [3.63, 3.8) is 0 Å². The van der Waals surface area contributed by atoms with Crippen LogP contribution in [0, 0.1) is 0 Å². The lowest BCUT2D eigenvalue weighted by Crippen LogP contribution is -2.38. The van der Waals surface area contributed by atoms with Gasteiger partial charge >= 0.3 is 6.09 Å². The molecule has 0 unspecified atom stereocenters.